The van der Waals surface area contributed by atoms with Crippen LogP contribution in [0.15, 0.2) is 29.3 Å². The third-order valence-electron chi connectivity index (χ3n) is 2.11. The molecule has 0 aliphatic heterocycles. The molecular formula is C12H8N2O3. The molecule has 1 heterocycles. The van der Waals surface area contributed by atoms with E-state index in [-0.39, 0.29) is 12.0 Å². The van der Waals surface area contributed by atoms with Gasteiger partial charge in [0.15, 0.2) is 0 Å². The van der Waals surface area contributed by atoms with Gasteiger partial charge in [0.1, 0.15) is 6.42 Å². The number of hydrogen-bond acceptors (Lipinski definition) is 3. The van der Waals surface area contributed by atoms with Crippen LogP contribution in [0.1, 0.15) is 12.0 Å². The van der Waals surface area contributed by atoms with Crippen LogP contribution < -0.4 is 5.56 Å². The molecule has 2 aromatic rings. The Labute approximate surface area is 96.1 Å². The van der Waals surface area contributed by atoms with Crippen molar-refractivity contribution < 1.29 is 9.90 Å². The fraction of sp³-hybridized carbons (Fsp3) is 0.0833. The zero-order valence-electron chi connectivity index (χ0n) is 8.73. The second-order valence-corrected chi connectivity index (χ2v) is 3.34. The summed E-state index contributed by atoms with van der Waals surface area (Å²) in [5.74, 6) is 4.26. The molecule has 0 spiro atoms. The largest absolute Gasteiger partial charge is 0.481 e. The first-order valence-electron chi connectivity index (χ1n) is 4.85. The van der Waals surface area contributed by atoms with E-state index in [1.54, 1.807) is 18.2 Å². The van der Waals surface area contributed by atoms with Crippen molar-refractivity contribution in [2.75, 3.05) is 0 Å². The average Bonchev–Trinajstić information content (AvgIpc) is 2.29. The average molecular weight is 228 g/mol. The van der Waals surface area contributed by atoms with E-state index in [1.165, 1.54) is 6.33 Å². The molecule has 5 heteroatoms. The van der Waals surface area contributed by atoms with Crippen LogP contribution in [0.25, 0.3) is 10.9 Å². The highest BCUT2D eigenvalue weighted by atomic mass is 16.4. The molecule has 0 atom stereocenters. The first-order valence-corrected chi connectivity index (χ1v) is 4.85. The zero-order valence-corrected chi connectivity index (χ0v) is 8.73. The Hall–Kier alpha value is -2.61. The molecule has 0 aliphatic rings. The van der Waals surface area contributed by atoms with Gasteiger partial charge in [0.25, 0.3) is 5.56 Å². The van der Waals surface area contributed by atoms with Gasteiger partial charge in [-0.3, -0.25) is 9.59 Å². The summed E-state index contributed by atoms with van der Waals surface area (Å²) in [4.78, 5) is 28.1. The minimum absolute atomic E-state index is 0.208. The van der Waals surface area contributed by atoms with Gasteiger partial charge in [0.2, 0.25) is 0 Å². The third kappa shape index (κ3) is 2.49. The molecule has 0 unspecified atom stereocenters. The number of carboxylic acid groups (broad SMARTS) is 1. The number of hydrogen-bond donors (Lipinski definition) is 2. The summed E-state index contributed by atoms with van der Waals surface area (Å²) >= 11 is 0. The highest BCUT2D eigenvalue weighted by molar-refractivity contribution is 5.79. The van der Waals surface area contributed by atoms with Crippen molar-refractivity contribution in [3.05, 3.63) is 40.4 Å². The number of nitrogens with one attached hydrogen (secondary N) is 1. The first-order chi connectivity index (χ1) is 8.16. The Morgan fingerprint density at radius 1 is 1.47 bits per heavy atom. The second-order valence-electron chi connectivity index (χ2n) is 3.34. The van der Waals surface area contributed by atoms with E-state index in [1.807, 2.05) is 0 Å². The number of H-pyrrole nitrogens is 1. The van der Waals surface area contributed by atoms with Gasteiger partial charge < -0.3 is 10.1 Å². The van der Waals surface area contributed by atoms with E-state index in [9.17, 15) is 9.59 Å². The smallest absolute Gasteiger partial charge is 0.315 e. The normalized spacial score (nSPS) is 9.65. The summed E-state index contributed by atoms with van der Waals surface area (Å²) in [5, 5.41) is 8.92. The molecular weight excluding hydrogens is 220 g/mol. The van der Waals surface area contributed by atoms with Crippen molar-refractivity contribution in [2.45, 2.75) is 6.42 Å². The molecule has 0 radical (unpaired) electrons. The predicted molar refractivity (Wildman–Crippen MR) is 61.5 cm³/mol. The Kier molecular flexibility index (Phi) is 2.88. The maximum atomic E-state index is 11.4. The predicted octanol–water partition coefficient (Wildman–Crippen LogP) is 0.749. The molecule has 1 aromatic carbocycles. The lowest BCUT2D eigenvalue weighted by Gasteiger charge is -1.95. The number of fused-ring (bicyclic) bond motifs is 1. The topological polar surface area (TPSA) is 83.0 Å². The number of aromatic nitrogens is 2. The van der Waals surface area contributed by atoms with Gasteiger partial charge in [-0.25, -0.2) is 4.98 Å². The van der Waals surface area contributed by atoms with E-state index < -0.39 is 5.97 Å². The summed E-state index contributed by atoms with van der Waals surface area (Å²) < 4.78 is 0. The summed E-state index contributed by atoms with van der Waals surface area (Å²) in [6.07, 6.45) is 1.11. The highest BCUT2D eigenvalue weighted by Crippen LogP contribution is 2.08. The number of carboxylic acids is 1. The standard InChI is InChI=1S/C12H8N2O3/c15-11(16)3-1-2-8-4-5-9-10(6-8)13-7-14-12(9)17/h4-7H,3H2,(H,15,16)(H,13,14,17). The maximum absolute atomic E-state index is 11.4. The van der Waals surface area contributed by atoms with E-state index in [0.717, 1.165) is 0 Å². The molecule has 84 valence electrons. The Morgan fingerprint density at radius 2 is 2.29 bits per heavy atom. The fourth-order valence-electron chi connectivity index (χ4n) is 1.37. The van der Waals surface area contributed by atoms with E-state index in [2.05, 4.69) is 21.8 Å². The molecule has 0 amide bonds. The van der Waals surface area contributed by atoms with Crippen LogP contribution in [-0.4, -0.2) is 21.0 Å². The van der Waals surface area contributed by atoms with E-state index >= 15 is 0 Å². The SMILES string of the molecule is O=C(O)CC#Cc1ccc2c(=O)[nH]cnc2c1. The first kappa shape index (κ1) is 10.9. The molecule has 2 N–H and O–H groups in total. The van der Waals surface area contributed by atoms with Crippen LogP contribution in [0.2, 0.25) is 0 Å². The molecule has 2 rings (SSSR count). The number of benzene rings is 1. The summed E-state index contributed by atoms with van der Waals surface area (Å²) in [6.45, 7) is 0. The molecule has 0 aliphatic carbocycles. The van der Waals surface area contributed by atoms with Crippen LogP contribution >= 0.6 is 0 Å². The fourth-order valence-corrected chi connectivity index (χ4v) is 1.37. The summed E-state index contributed by atoms with van der Waals surface area (Å²) in [7, 11) is 0. The molecule has 17 heavy (non-hydrogen) atoms. The van der Waals surface area contributed by atoms with Gasteiger partial charge in [-0.05, 0) is 18.2 Å². The molecule has 0 saturated carbocycles. The molecule has 1 aromatic heterocycles. The Morgan fingerprint density at radius 3 is 3.06 bits per heavy atom. The van der Waals surface area contributed by atoms with Gasteiger partial charge in [-0.1, -0.05) is 11.8 Å². The molecule has 5 nitrogen and oxygen atoms in total. The molecule has 0 bridgehead atoms. The zero-order chi connectivity index (χ0) is 12.3. The van der Waals surface area contributed by atoms with Gasteiger partial charge in [0, 0.05) is 5.56 Å². The molecule has 0 fully saturated rings. The number of aromatic amines is 1. The van der Waals surface area contributed by atoms with Crippen molar-refractivity contribution in [1.29, 1.82) is 0 Å². The minimum atomic E-state index is -0.965. The second kappa shape index (κ2) is 4.49. The van der Waals surface area contributed by atoms with Crippen LogP contribution in [0.3, 0.4) is 0 Å². The number of rotatable bonds is 1. The van der Waals surface area contributed by atoms with Gasteiger partial charge >= 0.3 is 5.97 Å². The van der Waals surface area contributed by atoms with E-state index in [0.29, 0.717) is 16.5 Å². The summed E-state index contributed by atoms with van der Waals surface area (Å²) in [5.41, 5.74) is 0.966. The maximum Gasteiger partial charge on any atom is 0.315 e. The minimum Gasteiger partial charge on any atom is -0.481 e. The number of nitrogens with zero attached hydrogens (tertiary/aromatic N) is 1. The van der Waals surface area contributed by atoms with Gasteiger partial charge in [0.05, 0.1) is 17.2 Å². The van der Waals surface area contributed by atoms with Crippen LogP contribution in [0.4, 0.5) is 0 Å². The lowest BCUT2D eigenvalue weighted by atomic mass is 10.1. The van der Waals surface area contributed by atoms with Crippen molar-refractivity contribution in [3.63, 3.8) is 0 Å². The lowest BCUT2D eigenvalue weighted by Crippen LogP contribution is -2.05. The van der Waals surface area contributed by atoms with Gasteiger partial charge in [-0.15, -0.1) is 0 Å². The van der Waals surface area contributed by atoms with E-state index in [4.69, 9.17) is 5.11 Å². The monoisotopic (exact) mass is 228 g/mol. The Bertz CT molecular complexity index is 692. The van der Waals surface area contributed by atoms with Crippen molar-refractivity contribution in [2.24, 2.45) is 0 Å². The van der Waals surface area contributed by atoms with Crippen LogP contribution in [0, 0.1) is 11.8 Å². The third-order valence-corrected chi connectivity index (χ3v) is 2.11. The van der Waals surface area contributed by atoms with Crippen LogP contribution in [-0.2, 0) is 4.79 Å². The summed E-state index contributed by atoms with van der Waals surface area (Å²) in [6, 6.07) is 4.93. The van der Waals surface area contributed by atoms with Crippen LogP contribution in [0.5, 0.6) is 0 Å². The molecule has 0 saturated heterocycles. The quantitative estimate of drug-likeness (QED) is 0.705. The highest BCUT2D eigenvalue weighted by Gasteiger charge is 1.99. The number of aliphatic carboxylic acids is 1. The van der Waals surface area contributed by atoms with Gasteiger partial charge in [-0.2, -0.15) is 0 Å². The van der Waals surface area contributed by atoms with Crippen molar-refractivity contribution in [1.82, 2.24) is 9.97 Å². The van der Waals surface area contributed by atoms with Crippen molar-refractivity contribution >= 4 is 16.9 Å². The lowest BCUT2D eigenvalue weighted by molar-refractivity contribution is -0.135. The van der Waals surface area contributed by atoms with Crippen molar-refractivity contribution in [3.8, 4) is 11.8 Å². The number of carbonyl (C=O) groups is 1. The Balaban J connectivity index is 2.41.